The number of hydrogen-bond acceptors (Lipinski definition) is 5. The van der Waals surface area contributed by atoms with Crippen LogP contribution in [-0.4, -0.2) is 35.0 Å². The first-order valence-corrected chi connectivity index (χ1v) is 12.8. The molecule has 5 N–H and O–H groups in total. The summed E-state index contributed by atoms with van der Waals surface area (Å²) < 4.78 is 0. The summed E-state index contributed by atoms with van der Waals surface area (Å²) in [6, 6.07) is 0. The number of carbonyl (C=O) groups is 1. The summed E-state index contributed by atoms with van der Waals surface area (Å²) in [5.41, 5.74) is 5.40. The van der Waals surface area contributed by atoms with Crippen molar-refractivity contribution in [1.82, 2.24) is 5.12 Å². The Labute approximate surface area is 193 Å². The smallest absolute Gasteiger partial charge is 0.159 e. The van der Waals surface area contributed by atoms with Crippen molar-refractivity contribution < 1.29 is 9.90 Å². The van der Waals surface area contributed by atoms with E-state index in [9.17, 15) is 9.90 Å². The van der Waals surface area contributed by atoms with E-state index in [-0.39, 0.29) is 29.8 Å². The molecular formula is C26H42N4O2. The second kappa shape index (κ2) is 9.73. The van der Waals surface area contributed by atoms with Gasteiger partial charge in [0.2, 0.25) is 0 Å². The van der Waals surface area contributed by atoms with E-state index in [4.69, 9.17) is 18.0 Å². The highest BCUT2D eigenvalue weighted by Gasteiger charge is 2.58. The molecule has 0 bridgehead atoms. The fourth-order valence-electron chi connectivity index (χ4n) is 8.00. The number of rotatable bonds is 4. The highest BCUT2D eigenvalue weighted by molar-refractivity contribution is 5.84. The molecule has 5 rings (SSSR count). The molecule has 0 radical (unpaired) electrons. The summed E-state index contributed by atoms with van der Waals surface area (Å²) in [5.74, 6) is 13.2. The number of Topliss-reactive ketones (excluding diaryl/α,β-unsaturated/α-hetero) is 1. The maximum atomic E-state index is 13.0. The Bertz CT molecular complexity index is 745. The number of hydrazine groups is 1. The zero-order chi connectivity index (χ0) is 22.9. The molecule has 8 atom stereocenters. The van der Waals surface area contributed by atoms with Crippen LogP contribution in [0.2, 0.25) is 0 Å². The molecule has 0 spiro atoms. The number of carbonyl (C=O) groups excluding carboxylic acids is 1. The average molecular weight is 443 g/mol. The lowest BCUT2D eigenvalue weighted by Crippen LogP contribution is -2.50. The van der Waals surface area contributed by atoms with Gasteiger partial charge in [0.15, 0.2) is 5.78 Å². The Morgan fingerprint density at radius 1 is 1.12 bits per heavy atom. The predicted octanol–water partition coefficient (Wildman–Crippen LogP) is 3.29. The van der Waals surface area contributed by atoms with Gasteiger partial charge in [0.05, 0.1) is 6.10 Å². The number of nitrogens with two attached hydrogens (primary N) is 2. The third-order valence-corrected chi connectivity index (χ3v) is 9.66. The zero-order valence-corrected chi connectivity index (χ0v) is 19.7. The van der Waals surface area contributed by atoms with Gasteiger partial charge in [0.1, 0.15) is 12.9 Å². The third kappa shape index (κ3) is 4.70. The predicted molar refractivity (Wildman–Crippen MR) is 127 cm³/mol. The molecule has 0 aromatic rings. The van der Waals surface area contributed by atoms with E-state index in [1.807, 2.05) is 0 Å². The van der Waals surface area contributed by atoms with Crippen molar-refractivity contribution in [1.29, 1.82) is 0 Å². The van der Waals surface area contributed by atoms with Crippen LogP contribution in [0, 0.1) is 59.2 Å². The van der Waals surface area contributed by atoms with E-state index in [0.29, 0.717) is 11.8 Å². The SMILES string of the molecule is C#CC1CC1.CC12CCC3C4CCC(O)CC4CCC3C1CCC2C(=O)CN(N)/N=C\N. The van der Waals surface area contributed by atoms with E-state index in [0.717, 1.165) is 55.7 Å². The molecule has 0 heterocycles. The van der Waals surface area contributed by atoms with Crippen molar-refractivity contribution >= 4 is 12.1 Å². The second-order valence-corrected chi connectivity index (χ2v) is 11.3. The quantitative estimate of drug-likeness (QED) is 0.204. The van der Waals surface area contributed by atoms with E-state index < -0.39 is 0 Å². The number of aliphatic hydroxyl groups excluding tert-OH is 1. The van der Waals surface area contributed by atoms with E-state index >= 15 is 0 Å². The van der Waals surface area contributed by atoms with Crippen LogP contribution in [0.25, 0.3) is 0 Å². The molecule has 5 aliphatic rings. The first kappa shape index (κ1) is 23.6. The average Bonchev–Trinajstić information content (AvgIpc) is 3.54. The summed E-state index contributed by atoms with van der Waals surface area (Å²) in [5, 5.41) is 15.0. The topological polar surface area (TPSA) is 105 Å². The lowest BCUT2D eigenvalue weighted by Gasteiger charge is -2.56. The van der Waals surface area contributed by atoms with Gasteiger partial charge in [-0.2, -0.15) is 5.10 Å². The number of fused-ring (bicyclic) bond motifs is 5. The molecule has 0 saturated heterocycles. The molecule has 8 unspecified atom stereocenters. The Kier molecular flexibility index (Phi) is 7.17. The molecule has 5 saturated carbocycles. The van der Waals surface area contributed by atoms with Crippen molar-refractivity contribution in [2.24, 2.45) is 63.5 Å². The minimum absolute atomic E-state index is 0.0690. The van der Waals surface area contributed by atoms with Crippen LogP contribution in [0.15, 0.2) is 5.10 Å². The van der Waals surface area contributed by atoms with E-state index in [2.05, 4.69) is 17.9 Å². The first-order chi connectivity index (χ1) is 15.4. The van der Waals surface area contributed by atoms with Crippen LogP contribution in [-0.2, 0) is 4.79 Å². The van der Waals surface area contributed by atoms with Crippen molar-refractivity contribution in [3.8, 4) is 12.3 Å². The molecule has 178 valence electrons. The van der Waals surface area contributed by atoms with Crippen molar-refractivity contribution in [3.05, 3.63) is 0 Å². The van der Waals surface area contributed by atoms with Crippen LogP contribution < -0.4 is 11.6 Å². The maximum absolute atomic E-state index is 13.0. The van der Waals surface area contributed by atoms with Crippen molar-refractivity contribution in [3.63, 3.8) is 0 Å². The number of hydrogen-bond donors (Lipinski definition) is 3. The van der Waals surface area contributed by atoms with Gasteiger partial charge >= 0.3 is 0 Å². The van der Waals surface area contributed by atoms with Crippen molar-refractivity contribution in [2.75, 3.05) is 6.54 Å². The fourth-order valence-corrected chi connectivity index (χ4v) is 8.00. The van der Waals surface area contributed by atoms with E-state index in [1.54, 1.807) is 0 Å². The van der Waals surface area contributed by atoms with Gasteiger partial charge in [-0.15, -0.1) is 12.3 Å². The molecule has 0 amide bonds. The van der Waals surface area contributed by atoms with Crippen LogP contribution >= 0.6 is 0 Å². The monoisotopic (exact) mass is 442 g/mol. The Morgan fingerprint density at radius 3 is 2.53 bits per heavy atom. The summed E-state index contributed by atoms with van der Waals surface area (Å²) in [4.78, 5) is 13.0. The molecule has 5 fully saturated rings. The van der Waals surface area contributed by atoms with Gasteiger partial charge < -0.3 is 10.8 Å². The number of ketones is 1. The van der Waals surface area contributed by atoms with Gasteiger partial charge in [0, 0.05) is 11.8 Å². The standard InChI is InChI=1S/C21H36N4O2.C5H6/c1-21-9-8-16-15-5-3-14(26)10-13(15)2-4-17(16)18(21)6-7-19(21)20(27)11-25(23)24-12-22;1-2-5-3-4-5/h12-19,26H,2-11,23H2,1H3,(H2,22,24);1,5H,3-4H2. The van der Waals surface area contributed by atoms with Gasteiger partial charge in [-0.25, -0.2) is 11.0 Å². The molecule has 0 aromatic heterocycles. The van der Waals surface area contributed by atoms with Crippen LogP contribution in [0.4, 0.5) is 0 Å². The zero-order valence-electron chi connectivity index (χ0n) is 19.7. The Hall–Kier alpha value is -1.58. The Morgan fingerprint density at radius 2 is 1.88 bits per heavy atom. The van der Waals surface area contributed by atoms with Gasteiger partial charge in [-0.1, -0.05) is 6.92 Å². The molecule has 6 nitrogen and oxygen atoms in total. The number of aliphatic hydroxyl groups is 1. The highest BCUT2D eigenvalue weighted by Crippen LogP contribution is 2.64. The lowest BCUT2D eigenvalue weighted by atomic mass is 9.49. The normalized spacial score (nSPS) is 42.6. The summed E-state index contributed by atoms with van der Waals surface area (Å²) in [7, 11) is 0. The molecular weight excluding hydrogens is 400 g/mol. The summed E-state index contributed by atoms with van der Waals surface area (Å²) >= 11 is 0. The first-order valence-electron chi connectivity index (χ1n) is 12.8. The number of terminal acetylenes is 1. The summed E-state index contributed by atoms with van der Waals surface area (Å²) in [6.07, 6.45) is 19.0. The molecule has 0 aliphatic heterocycles. The van der Waals surface area contributed by atoms with Gasteiger partial charge in [0.25, 0.3) is 0 Å². The Balaban J connectivity index is 0.000000433. The molecule has 0 aromatic carbocycles. The highest BCUT2D eigenvalue weighted by atomic mass is 16.3. The van der Waals surface area contributed by atoms with Crippen LogP contribution in [0.5, 0.6) is 0 Å². The molecule has 32 heavy (non-hydrogen) atoms. The fraction of sp³-hybridized carbons (Fsp3) is 0.846. The largest absolute Gasteiger partial charge is 0.393 e. The number of nitrogens with zero attached hydrogens (tertiary/aromatic N) is 2. The maximum Gasteiger partial charge on any atom is 0.159 e. The van der Waals surface area contributed by atoms with Gasteiger partial charge in [-0.05, 0) is 106 Å². The lowest BCUT2D eigenvalue weighted by molar-refractivity contribution is -0.132. The molecule has 5 aliphatic carbocycles. The van der Waals surface area contributed by atoms with Crippen LogP contribution in [0.3, 0.4) is 0 Å². The van der Waals surface area contributed by atoms with Gasteiger partial charge in [-0.3, -0.25) is 4.79 Å². The van der Waals surface area contributed by atoms with Crippen LogP contribution in [0.1, 0.15) is 77.6 Å². The minimum atomic E-state index is -0.0690. The van der Waals surface area contributed by atoms with E-state index in [1.165, 1.54) is 50.1 Å². The minimum Gasteiger partial charge on any atom is -0.393 e. The second-order valence-electron chi connectivity index (χ2n) is 11.3. The summed E-state index contributed by atoms with van der Waals surface area (Å²) in [6.45, 7) is 2.52. The van der Waals surface area contributed by atoms with Crippen molar-refractivity contribution in [2.45, 2.75) is 83.7 Å². The third-order valence-electron chi connectivity index (χ3n) is 9.66. The number of hydrazone groups is 1. The molecule has 6 heteroatoms.